The van der Waals surface area contributed by atoms with E-state index in [0.29, 0.717) is 57.5 Å². The predicted molar refractivity (Wildman–Crippen MR) is 161 cm³/mol. The molecule has 1 aliphatic heterocycles. The van der Waals surface area contributed by atoms with E-state index in [9.17, 15) is 9.59 Å². The van der Waals surface area contributed by atoms with E-state index < -0.39 is 5.92 Å². The Morgan fingerprint density at radius 3 is 2.21 bits per heavy atom. The van der Waals surface area contributed by atoms with Gasteiger partial charge in [0.25, 0.3) is 5.91 Å². The Labute approximate surface area is 246 Å². The Morgan fingerprint density at radius 2 is 1.55 bits per heavy atom. The van der Waals surface area contributed by atoms with Crippen LogP contribution < -0.4 is 29.6 Å². The van der Waals surface area contributed by atoms with Crippen LogP contribution in [0.15, 0.2) is 83.2 Å². The van der Waals surface area contributed by atoms with Crippen LogP contribution in [0.2, 0.25) is 0 Å². The summed E-state index contributed by atoms with van der Waals surface area (Å²) in [5.41, 5.74) is 5.93. The summed E-state index contributed by atoms with van der Waals surface area (Å²) in [5.74, 6) is 1.20. The Bertz CT molecular complexity index is 1590. The lowest BCUT2D eigenvalue weighted by Gasteiger charge is -2.37. The molecule has 8 heteroatoms. The fraction of sp³-hybridized carbons (Fsp3) is 0.294. The average Bonchev–Trinajstić information content (AvgIpc) is 3.00. The van der Waals surface area contributed by atoms with E-state index in [1.54, 1.807) is 34.5 Å². The van der Waals surface area contributed by atoms with Crippen molar-refractivity contribution in [3.8, 4) is 23.0 Å². The van der Waals surface area contributed by atoms with Crippen LogP contribution in [-0.4, -0.2) is 40.1 Å². The summed E-state index contributed by atoms with van der Waals surface area (Å²) in [6, 6.07) is 18.9. The molecular weight excluding hydrogens is 532 g/mol. The molecule has 0 bridgehead atoms. The molecule has 3 aromatic carbocycles. The molecular formula is C34H36N2O6. The van der Waals surface area contributed by atoms with Gasteiger partial charge >= 0.3 is 0 Å². The monoisotopic (exact) mass is 568 g/mol. The van der Waals surface area contributed by atoms with E-state index in [1.807, 2.05) is 68.4 Å². The molecule has 0 radical (unpaired) electrons. The molecule has 5 rings (SSSR count). The van der Waals surface area contributed by atoms with Gasteiger partial charge in [-0.15, -0.1) is 0 Å². The number of aryl methyl sites for hydroxylation is 1. The minimum Gasteiger partial charge on any atom is -0.493 e. The first-order chi connectivity index (χ1) is 20.3. The number of methoxy groups -OCH3 is 4. The highest BCUT2D eigenvalue weighted by atomic mass is 16.5. The standard InChI is InChI=1S/C34H36N2O6/c1-19-10-13-23(14-11-19)36-34(38)30-20(2)35-25-16-22(21-12-15-27(39-3)29(18-21)41-5)17-26(37)32(25)31(30)24-8-7-9-28(40-4)33(24)42-6/h7-15,18,22,31,35H,16-17H2,1-6H3,(H,36,38)/t22-,31-/m0/s1. The second-order valence-electron chi connectivity index (χ2n) is 10.5. The number of para-hydroxylation sites is 1. The average molecular weight is 569 g/mol. The van der Waals surface area contributed by atoms with E-state index in [4.69, 9.17) is 18.9 Å². The van der Waals surface area contributed by atoms with Crippen molar-refractivity contribution in [1.29, 1.82) is 0 Å². The lowest BCUT2D eigenvalue weighted by Crippen LogP contribution is -2.37. The molecule has 8 nitrogen and oxygen atoms in total. The summed E-state index contributed by atoms with van der Waals surface area (Å²) < 4.78 is 22.3. The maximum atomic E-state index is 14.1. The Kier molecular flexibility index (Phi) is 8.24. The number of amides is 1. The van der Waals surface area contributed by atoms with Gasteiger partial charge in [0.05, 0.1) is 34.4 Å². The Hall–Kier alpha value is -4.72. The highest BCUT2D eigenvalue weighted by molar-refractivity contribution is 6.10. The van der Waals surface area contributed by atoms with Gasteiger partial charge < -0.3 is 29.6 Å². The molecule has 2 N–H and O–H groups in total. The van der Waals surface area contributed by atoms with Gasteiger partial charge in [-0.05, 0) is 62.1 Å². The second kappa shape index (κ2) is 12.0. The van der Waals surface area contributed by atoms with Crippen LogP contribution in [0.5, 0.6) is 23.0 Å². The number of anilines is 1. The number of carbonyl (C=O) groups is 2. The maximum absolute atomic E-state index is 14.1. The van der Waals surface area contributed by atoms with Crippen LogP contribution in [0.3, 0.4) is 0 Å². The van der Waals surface area contributed by atoms with E-state index in [1.165, 1.54) is 0 Å². The second-order valence-corrected chi connectivity index (χ2v) is 10.5. The molecule has 1 amide bonds. The highest BCUT2D eigenvalue weighted by Crippen LogP contribution is 2.49. The number of benzene rings is 3. The molecule has 1 aliphatic carbocycles. The fourth-order valence-corrected chi connectivity index (χ4v) is 5.97. The minimum absolute atomic E-state index is 0.0356. The number of dihydropyridines is 1. The molecule has 0 saturated carbocycles. The highest BCUT2D eigenvalue weighted by Gasteiger charge is 2.42. The smallest absolute Gasteiger partial charge is 0.254 e. The van der Waals surface area contributed by atoms with Crippen molar-refractivity contribution in [2.75, 3.05) is 33.8 Å². The topological polar surface area (TPSA) is 95.1 Å². The van der Waals surface area contributed by atoms with Crippen molar-refractivity contribution in [2.24, 2.45) is 0 Å². The number of Topliss-reactive ketones (excluding diaryl/α,β-unsaturated/α-hetero) is 1. The molecule has 0 saturated heterocycles. The lowest BCUT2D eigenvalue weighted by atomic mass is 9.71. The van der Waals surface area contributed by atoms with Crippen molar-refractivity contribution in [1.82, 2.24) is 5.32 Å². The van der Waals surface area contributed by atoms with Gasteiger partial charge in [0.2, 0.25) is 0 Å². The summed E-state index contributed by atoms with van der Waals surface area (Å²) in [6.45, 7) is 3.87. The Morgan fingerprint density at radius 1 is 0.833 bits per heavy atom. The first kappa shape index (κ1) is 28.8. The van der Waals surface area contributed by atoms with Gasteiger partial charge in [0.1, 0.15) is 0 Å². The first-order valence-corrected chi connectivity index (χ1v) is 13.8. The molecule has 3 aromatic rings. The van der Waals surface area contributed by atoms with Gasteiger partial charge in [0, 0.05) is 40.2 Å². The molecule has 0 spiro atoms. The van der Waals surface area contributed by atoms with E-state index in [2.05, 4.69) is 10.6 Å². The van der Waals surface area contributed by atoms with Crippen LogP contribution >= 0.6 is 0 Å². The summed E-state index contributed by atoms with van der Waals surface area (Å²) in [4.78, 5) is 28.1. The van der Waals surface area contributed by atoms with E-state index in [-0.39, 0.29) is 24.0 Å². The van der Waals surface area contributed by atoms with Gasteiger partial charge in [0.15, 0.2) is 28.8 Å². The summed E-state index contributed by atoms with van der Waals surface area (Å²) in [5, 5.41) is 6.48. The third-order valence-corrected chi connectivity index (χ3v) is 8.01. The summed E-state index contributed by atoms with van der Waals surface area (Å²) in [6.07, 6.45) is 0.869. The number of hydrogen-bond acceptors (Lipinski definition) is 7. The van der Waals surface area contributed by atoms with Crippen LogP contribution in [0.25, 0.3) is 0 Å². The molecule has 2 atom stereocenters. The SMILES string of the molecule is COc1ccc([C@@H]2CC(=O)C3=C(C2)NC(C)=C(C(=O)Nc2ccc(C)cc2)[C@@H]3c2cccc(OC)c2OC)cc1OC. The van der Waals surface area contributed by atoms with E-state index >= 15 is 0 Å². The number of carbonyl (C=O) groups excluding carboxylic acids is 2. The third-order valence-electron chi connectivity index (χ3n) is 8.01. The zero-order valence-corrected chi connectivity index (χ0v) is 24.8. The molecule has 1 heterocycles. The molecule has 0 aromatic heterocycles. The van der Waals surface area contributed by atoms with Crippen molar-refractivity contribution < 1.29 is 28.5 Å². The lowest BCUT2D eigenvalue weighted by molar-refractivity contribution is -0.116. The molecule has 0 fully saturated rings. The minimum atomic E-state index is -0.657. The number of nitrogens with one attached hydrogen (secondary N) is 2. The van der Waals surface area contributed by atoms with Gasteiger partial charge in [-0.3, -0.25) is 9.59 Å². The zero-order valence-electron chi connectivity index (χ0n) is 24.8. The zero-order chi connectivity index (χ0) is 30.0. The Balaban J connectivity index is 1.60. The number of ketones is 1. The van der Waals surface area contributed by atoms with Gasteiger partial charge in [-0.2, -0.15) is 0 Å². The van der Waals surface area contributed by atoms with E-state index in [0.717, 1.165) is 16.8 Å². The maximum Gasteiger partial charge on any atom is 0.254 e. The molecule has 218 valence electrons. The predicted octanol–water partition coefficient (Wildman–Crippen LogP) is 6.03. The first-order valence-electron chi connectivity index (χ1n) is 13.8. The summed E-state index contributed by atoms with van der Waals surface area (Å²) in [7, 11) is 6.33. The van der Waals surface area contributed by atoms with Gasteiger partial charge in [-0.1, -0.05) is 35.9 Å². The van der Waals surface area contributed by atoms with Crippen LogP contribution in [0.1, 0.15) is 48.3 Å². The fourth-order valence-electron chi connectivity index (χ4n) is 5.97. The quantitative estimate of drug-likeness (QED) is 0.343. The van der Waals surface area contributed by atoms with Crippen LogP contribution in [-0.2, 0) is 9.59 Å². The number of allylic oxidation sites excluding steroid dienone is 3. The number of hydrogen-bond donors (Lipinski definition) is 2. The van der Waals surface area contributed by atoms with Crippen LogP contribution in [0, 0.1) is 6.92 Å². The number of ether oxygens (including phenoxy) is 4. The van der Waals surface area contributed by atoms with Crippen molar-refractivity contribution in [3.05, 3.63) is 99.9 Å². The molecule has 0 unspecified atom stereocenters. The van der Waals surface area contributed by atoms with Crippen molar-refractivity contribution in [2.45, 2.75) is 38.5 Å². The number of rotatable bonds is 8. The summed E-state index contributed by atoms with van der Waals surface area (Å²) >= 11 is 0. The molecule has 2 aliphatic rings. The normalized spacial score (nSPS) is 18.2. The van der Waals surface area contributed by atoms with Crippen molar-refractivity contribution in [3.63, 3.8) is 0 Å². The van der Waals surface area contributed by atoms with Crippen molar-refractivity contribution >= 4 is 17.4 Å². The molecule has 42 heavy (non-hydrogen) atoms. The largest absolute Gasteiger partial charge is 0.493 e. The van der Waals surface area contributed by atoms with Gasteiger partial charge in [-0.25, -0.2) is 0 Å². The van der Waals surface area contributed by atoms with Crippen LogP contribution in [0.4, 0.5) is 5.69 Å². The third kappa shape index (κ3) is 5.32.